The molecule has 0 heterocycles. The lowest BCUT2D eigenvalue weighted by atomic mass is 9.89. The minimum atomic E-state index is -4.45. The van der Waals surface area contributed by atoms with Gasteiger partial charge in [0.1, 0.15) is 0 Å². The fraction of sp³-hybridized carbons (Fsp3) is 0.417. The molecule has 1 saturated carbocycles. The van der Waals surface area contributed by atoms with E-state index in [-0.39, 0.29) is 19.1 Å². The van der Waals surface area contributed by atoms with Crippen molar-refractivity contribution in [3.05, 3.63) is 65.2 Å². The number of carbonyl (C=O) groups excluding carboxylic acids is 2. The Kier molecular flexibility index (Phi) is 7.43. The Morgan fingerprint density at radius 1 is 1.06 bits per heavy atom. The lowest BCUT2D eigenvalue weighted by molar-refractivity contribution is -0.162. The molecule has 8 heteroatoms. The van der Waals surface area contributed by atoms with Crippen molar-refractivity contribution in [3.8, 4) is 0 Å². The van der Waals surface area contributed by atoms with Crippen LogP contribution in [0.3, 0.4) is 0 Å². The summed E-state index contributed by atoms with van der Waals surface area (Å²) in [4.78, 5) is 27.0. The van der Waals surface area contributed by atoms with Gasteiger partial charge in [-0.3, -0.25) is 4.79 Å². The average Bonchev–Trinajstić information content (AvgIpc) is 3.28. The van der Waals surface area contributed by atoms with E-state index in [4.69, 9.17) is 10.5 Å². The number of halogens is 3. The van der Waals surface area contributed by atoms with Crippen molar-refractivity contribution in [1.29, 1.82) is 0 Å². The third-order valence-corrected chi connectivity index (χ3v) is 5.81. The van der Waals surface area contributed by atoms with Crippen LogP contribution in [0.1, 0.15) is 55.3 Å². The molecule has 0 aromatic heterocycles. The van der Waals surface area contributed by atoms with Crippen molar-refractivity contribution in [2.75, 3.05) is 12.3 Å². The number of esters is 1. The number of nitrogen functional groups attached to an aromatic ring is 1. The summed E-state index contributed by atoms with van der Waals surface area (Å²) in [5, 5.41) is 0. The maximum absolute atomic E-state index is 13.1. The summed E-state index contributed by atoms with van der Waals surface area (Å²) in [6.45, 7) is 1.77. The van der Waals surface area contributed by atoms with Gasteiger partial charge in [-0.25, -0.2) is 4.79 Å². The zero-order valence-electron chi connectivity index (χ0n) is 17.9. The van der Waals surface area contributed by atoms with Gasteiger partial charge in [0, 0.05) is 12.2 Å². The van der Waals surface area contributed by atoms with Crippen LogP contribution in [0.15, 0.2) is 48.5 Å². The largest absolute Gasteiger partial charge is 0.459 e. The minimum Gasteiger partial charge on any atom is -0.459 e. The van der Waals surface area contributed by atoms with E-state index in [1.165, 1.54) is 17.0 Å². The molecule has 1 aliphatic carbocycles. The monoisotopic (exact) mass is 448 g/mol. The number of amides is 1. The number of alkyl halides is 3. The van der Waals surface area contributed by atoms with Gasteiger partial charge in [0.05, 0.1) is 18.2 Å². The number of ether oxygens (including phenoxy) is 1. The molecule has 0 saturated heterocycles. The standard InChI is InChI=1S/C24H27F3N2O3/c1-2-32-23(31)22(30)29(15-16-7-13-20(28)14-8-16)21(17-5-3-4-6-17)18-9-11-19(12-10-18)24(25,26)27/h7-14,17,21H,2-6,15,28H2,1H3. The molecule has 172 valence electrons. The van der Waals surface area contributed by atoms with Gasteiger partial charge in [-0.15, -0.1) is 0 Å². The molecule has 1 atom stereocenters. The van der Waals surface area contributed by atoms with Crippen LogP contribution in [0.2, 0.25) is 0 Å². The lowest BCUT2D eigenvalue weighted by Gasteiger charge is -2.36. The average molecular weight is 448 g/mol. The second-order valence-corrected chi connectivity index (χ2v) is 8.00. The summed E-state index contributed by atoms with van der Waals surface area (Å²) in [5.41, 5.74) is 6.89. The fourth-order valence-electron chi connectivity index (χ4n) is 4.28. The van der Waals surface area contributed by atoms with E-state index < -0.39 is 29.7 Å². The molecule has 1 fully saturated rings. The van der Waals surface area contributed by atoms with E-state index in [0.717, 1.165) is 43.4 Å². The van der Waals surface area contributed by atoms with E-state index >= 15 is 0 Å². The van der Waals surface area contributed by atoms with Gasteiger partial charge in [0.25, 0.3) is 0 Å². The van der Waals surface area contributed by atoms with Gasteiger partial charge in [-0.2, -0.15) is 13.2 Å². The number of carbonyl (C=O) groups is 2. The molecule has 2 aromatic carbocycles. The Bertz CT molecular complexity index is 921. The number of hydrogen-bond acceptors (Lipinski definition) is 4. The number of benzene rings is 2. The molecule has 1 aliphatic rings. The summed E-state index contributed by atoms with van der Waals surface area (Å²) in [6, 6.07) is 11.2. The SMILES string of the molecule is CCOC(=O)C(=O)N(Cc1ccc(N)cc1)C(c1ccc(C(F)(F)F)cc1)C1CCCC1. The molecule has 0 bridgehead atoms. The summed E-state index contributed by atoms with van der Waals surface area (Å²) >= 11 is 0. The number of nitrogens with two attached hydrogens (primary N) is 1. The molecular formula is C24H27F3N2O3. The van der Waals surface area contributed by atoms with Crippen LogP contribution >= 0.6 is 0 Å². The second-order valence-electron chi connectivity index (χ2n) is 8.00. The van der Waals surface area contributed by atoms with Crippen LogP contribution in [0.25, 0.3) is 0 Å². The van der Waals surface area contributed by atoms with Gasteiger partial charge in [-0.05, 0) is 61.1 Å². The Hall–Kier alpha value is -3.03. The second kappa shape index (κ2) is 10.1. The first-order chi connectivity index (χ1) is 15.2. The first kappa shape index (κ1) is 23.6. The highest BCUT2D eigenvalue weighted by Gasteiger charge is 2.38. The Labute approximate surface area is 185 Å². The predicted octanol–water partition coefficient (Wildman–Crippen LogP) is 5.11. The molecule has 1 amide bonds. The smallest absolute Gasteiger partial charge is 0.416 e. The van der Waals surface area contributed by atoms with Gasteiger partial charge in [0.2, 0.25) is 0 Å². The van der Waals surface area contributed by atoms with Crippen LogP contribution in [0.4, 0.5) is 18.9 Å². The molecule has 0 radical (unpaired) electrons. The van der Waals surface area contributed by atoms with E-state index in [1.807, 2.05) is 0 Å². The van der Waals surface area contributed by atoms with Gasteiger partial charge >= 0.3 is 18.1 Å². The quantitative estimate of drug-likeness (QED) is 0.379. The van der Waals surface area contributed by atoms with E-state index in [9.17, 15) is 22.8 Å². The van der Waals surface area contributed by atoms with Crippen LogP contribution in [0, 0.1) is 5.92 Å². The highest BCUT2D eigenvalue weighted by molar-refractivity contribution is 6.32. The highest BCUT2D eigenvalue weighted by atomic mass is 19.4. The van der Waals surface area contributed by atoms with Gasteiger partial charge < -0.3 is 15.4 Å². The van der Waals surface area contributed by atoms with Crippen LogP contribution < -0.4 is 5.73 Å². The molecule has 2 aromatic rings. The number of nitrogens with zero attached hydrogens (tertiary/aromatic N) is 1. The van der Waals surface area contributed by atoms with Crippen LogP contribution in [0.5, 0.6) is 0 Å². The Morgan fingerprint density at radius 2 is 1.66 bits per heavy atom. The van der Waals surface area contributed by atoms with Crippen LogP contribution in [-0.2, 0) is 27.0 Å². The van der Waals surface area contributed by atoms with Crippen molar-refractivity contribution in [2.24, 2.45) is 5.92 Å². The fourth-order valence-corrected chi connectivity index (χ4v) is 4.28. The molecule has 1 unspecified atom stereocenters. The molecule has 5 nitrogen and oxygen atoms in total. The van der Waals surface area contributed by atoms with E-state index in [1.54, 1.807) is 31.2 Å². The molecule has 0 spiro atoms. The van der Waals surface area contributed by atoms with Gasteiger partial charge in [-0.1, -0.05) is 37.1 Å². The lowest BCUT2D eigenvalue weighted by Crippen LogP contribution is -2.42. The van der Waals surface area contributed by atoms with E-state index in [2.05, 4.69) is 0 Å². The van der Waals surface area contributed by atoms with Crippen LogP contribution in [-0.4, -0.2) is 23.4 Å². The Balaban J connectivity index is 2.02. The molecule has 2 N–H and O–H groups in total. The number of hydrogen-bond donors (Lipinski definition) is 1. The molecule has 3 rings (SSSR count). The zero-order chi connectivity index (χ0) is 23.3. The first-order valence-electron chi connectivity index (χ1n) is 10.7. The molecule has 32 heavy (non-hydrogen) atoms. The normalized spacial score (nSPS) is 15.4. The topological polar surface area (TPSA) is 72.6 Å². The zero-order valence-corrected chi connectivity index (χ0v) is 17.9. The van der Waals surface area contributed by atoms with Crippen molar-refractivity contribution in [1.82, 2.24) is 4.90 Å². The summed E-state index contributed by atoms with van der Waals surface area (Å²) in [7, 11) is 0. The van der Waals surface area contributed by atoms with Crippen molar-refractivity contribution in [2.45, 2.75) is 51.4 Å². The summed E-state index contributed by atoms with van der Waals surface area (Å²) in [6.07, 6.45) is -0.887. The maximum Gasteiger partial charge on any atom is 0.416 e. The third-order valence-electron chi connectivity index (χ3n) is 5.81. The van der Waals surface area contributed by atoms with Gasteiger partial charge in [0.15, 0.2) is 0 Å². The molecular weight excluding hydrogens is 421 g/mol. The Morgan fingerprint density at radius 3 is 2.19 bits per heavy atom. The predicted molar refractivity (Wildman–Crippen MR) is 114 cm³/mol. The number of rotatable bonds is 6. The molecule has 0 aliphatic heterocycles. The number of anilines is 1. The van der Waals surface area contributed by atoms with Crippen molar-refractivity contribution < 1.29 is 27.5 Å². The van der Waals surface area contributed by atoms with E-state index in [0.29, 0.717) is 11.3 Å². The highest BCUT2D eigenvalue weighted by Crippen LogP contribution is 2.41. The third kappa shape index (κ3) is 5.60. The van der Waals surface area contributed by atoms with Crippen molar-refractivity contribution >= 4 is 17.6 Å². The minimum absolute atomic E-state index is 0.0268. The first-order valence-corrected chi connectivity index (χ1v) is 10.7. The summed E-state index contributed by atoms with van der Waals surface area (Å²) < 4.78 is 44.2. The summed E-state index contributed by atoms with van der Waals surface area (Å²) in [5.74, 6) is -1.75. The van der Waals surface area contributed by atoms with Crippen molar-refractivity contribution in [3.63, 3.8) is 0 Å². The maximum atomic E-state index is 13.1.